The molecule has 0 heterocycles. The highest BCUT2D eigenvalue weighted by molar-refractivity contribution is 14.0. The van der Waals surface area contributed by atoms with Crippen molar-refractivity contribution in [2.24, 2.45) is 4.99 Å². The van der Waals surface area contributed by atoms with E-state index < -0.39 is 12.8 Å². The molecule has 0 aromatic heterocycles. The van der Waals surface area contributed by atoms with Gasteiger partial charge in [-0.25, -0.2) is 0 Å². The first-order chi connectivity index (χ1) is 14.9. The van der Waals surface area contributed by atoms with E-state index in [1.807, 2.05) is 36.4 Å². The van der Waals surface area contributed by atoms with Crippen LogP contribution < -0.4 is 15.4 Å². The third-order valence-corrected chi connectivity index (χ3v) is 4.10. The summed E-state index contributed by atoms with van der Waals surface area (Å²) in [5.41, 5.74) is 2.46. The van der Waals surface area contributed by atoms with E-state index in [0.717, 1.165) is 23.4 Å². The van der Waals surface area contributed by atoms with Crippen molar-refractivity contribution in [3.05, 3.63) is 59.7 Å². The van der Waals surface area contributed by atoms with Crippen LogP contribution in [0.1, 0.15) is 17.5 Å². The first-order valence-corrected chi connectivity index (χ1v) is 9.81. The second-order valence-corrected chi connectivity index (χ2v) is 6.70. The molecule has 0 unspecified atom stereocenters. The number of benzene rings is 2. The van der Waals surface area contributed by atoms with E-state index in [0.29, 0.717) is 31.3 Å². The van der Waals surface area contributed by atoms with E-state index in [1.54, 1.807) is 26.3 Å². The third-order valence-electron chi connectivity index (χ3n) is 4.10. The van der Waals surface area contributed by atoms with Gasteiger partial charge in [0.2, 0.25) is 0 Å². The molecule has 178 valence electrons. The number of hydrogen-bond donors (Lipinski definition) is 2. The van der Waals surface area contributed by atoms with E-state index in [2.05, 4.69) is 20.4 Å². The largest absolute Gasteiger partial charge is 0.493 e. The van der Waals surface area contributed by atoms with Crippen LogP contribution in [0, 0.1) is 0 Å². The highest BCUT2D eigenvalue weighted by atomic mass is 127. The quantitative estimate of drug-likeness (QED) is 0.174. The van der Waals surface area contributed by atoms with Crippen molar-refractivity contribution in [1.82, 2.24) is 5.32 Å². The Hall–Kier alpha value is -2.05. The van der Waals surface area contributed by atoms with Crippen LogP contribution in [0.25, 0.3) is 0 Å². The Balaban J connectivity index is 0.00000512. The van der Waals surface area contributed by atoms with E-state index in [4.69, 9.17) is 9.47 Å². The maximum absolute atomic E-state index is 12.1. The van der Waals surface area contributed by atoms with Gasteiger partial charge in [-0.2, -0.15) is 13.2 Å². The van der Waals surface area contributed by atoms with Crippen LogP contribution in [-0.2, 0) is 22.6 Å². The normalized spacial score (nSPS) is 11.6. The monoisotopic (exact) mass is 567 g/mol. The second-order valence-electron chi connectivity index (χ2n) is 6.70. The standard InChI is InChI=1S/C22H28F3N3O3.HI/c1-26-21(28-19-5-3-6-20(13-19)31-12-4-11-29-2)27-14-17-7-9-18(10-8-17)15-30-16-22(23,24)25;/h3,5-10,13H,4,11-12,14-16H2,1-2H3,(H2,26,27,28);1H. The van der Waals surface area contributed by atoms with Gasteiger partial charge in [-0.3, -0.25) is 4.99 Å². The summed E-state index contributed by atoms with van der Waals surface area (Å²) in [4.78, 5) is 4.21. The number of halogens is 4. The topological polar surface area (TPSA) is 64.1 Å². The van der Waals surface area contributed by atoms with Crippen molar-refractivity contribution in [3.8, 4) is 5.75 Å². The number of rotatable bonds is 11. The van der Waals surface area contributed by atoms with Crippen molar-refractivity contribution in [2.45, 2.75) is 25.7 Å². The molecule has 2 N–H and O–H groups in total. The molecule has 2 rings (SSSR count). The number of hydrogen-bond acceptors (Lipinski definition) is 4. The lowest BCUT2D eigenvalue weighted by atomic mass is 10.1. The minimum atomic E-state index is -4.32. The molecule has 0 saturated carbocycles. The maximum atomic E-state index is 12.1. The Labute approximate surface area is 203 Å². The van der Waals surface area contributed by atoms with Crippen LogP contribution in [-0.4, -0.2) is 46.1 Å². The summed E-state index contributed by atoms with van der Waals surface area (Å²) in [6, 6.07) is 14.7. The minimum absolute atomic E-state index is 0. The molecule has 0 atom stereocenters. The molecule has 10 heteroatoms. The number of ether oxygens (including phenoxy) is 3. The van der Waals surface area contributed by atoms with Crippen LogP contribution >= 0.6 is 24.0 Å². The Morgan fingerprint density at radius 1 is 1.03 bits per heavy atom. The molecule has 6 nitrogen and oxygen atoms in total. The first kappa shape index (κ1) is 28.0. The van der Waals surface area contributed by atoms with E-state index >= 15 is 0 Å². The summed E-state index contributed by atoms with van der Waals surface area (Å²) in [7, 11) is 3.33. The fourth-order valence-corrected chi connectivity index (χ4v) is 2.60. The second kappa shape index (κ2) is 14.9. The lowest BCUT2D eigenvalue weighted by Gasteiger charge is -2.13. The molecule has 0 bridgehead atoms. The number of aliphatic imine (C=N–C) groups is 1. The third kappa shape index (κ3) is 11.5. The van der Waals surface area contributed by atoms with Gasteiger partial charge in [0.05, 0.1) is 13.2 Å². The summed E-state index contributed by atoms with van der Waals surface area (Å²) in [5, 5.41) is 6.40. The number of guanidine groups is 1. The summed E-state index contributed by atoms with van der Waals surface area (Å²) in [6.45, 7) is 0.381. The fourth-order valence-electron chi connectivity index (χ4n) is 2.60. The zero-order valence-corrected chi connectivity index (χ0v) is 20.4. The molecule has 0 aliphatic heterocycles. The van der Waals surface area contributed by atoms with Gasteiger partial charge < -0.3 is 24.8 Å². The van der Waals surface area contributed by atoms with Crippen LogP contribution in [0.15, 0.2) is 53.5 Å². The number of anilines is 1. The molecular formula is C22H29F3IN3O3. The van der Waals surface area contributed by atoms with Gasteiger partial charge in [-0.15, -0.1) is 24.0 Å². The molecule has 0 saturated heterocycles. The summed E-state index contributed by atoms with van der Waals surface area (Å²) in [6.07, 6.45) is -3.51. The zero-order chi connectivity index (χ0) is 22.5. The predicted octanol–water partition coefficient (Wildman–Crippen LogP) is 4.99. The predicted molar refractivity (Wildman–Crippen MR) is 130 cm³/mol. The van der Waals surface area contributed by atoms with Crippen molar-refractivity contribution >= 4 is 35.6 Å². The Morgan fingerprint density at radius 3 is 2.41 bits per heavy atom. The fraction of sp³-hybridized carbons (Fsp3) is 0.409. The van der Waals surface area contributed by atoms with Crippen molar-refractivity contribution in [3.63, 3.8) is 0 Å². The lowest BCUT2D eigenvalue weighted by molar-refractivity contribution is -0.176. The van der Waals surface area contributed by atoms with Crippen LogP contribution in [0.5, 0.6) is 5.75 Å². The van der Waals surface area contributed by atoms with Gasteiger partial charge in [0.25, 0.3) is 0 Å². The van der Waals surface area contributed by atoms with Crippen molar-refractivity contribution in [2.75, 3.05) is 39.3 Å². The van der Waals surface area contributed by atoms with Gasteiger partial charge in [-0.1, -0.05) is 30.3 Å². The van der Waals surface area contributed by atoms with Crippen molar-refractivity contribution in [1.29, 1.82) is 0 Å². The number of methoxy groups -OCH3 is 1. The number of alkyl halides is 3. The first-order valence-electron chi connectivity index (χ1n) is 9.81. The van der Waals surface area contributed by atoms with E-state index in [9.17, 15) is 13.2 Å². The molecule has 32 heavy (non-hydrogen) atoms. The van der Waals surface area contributed by atoms with Gasteiger partial charge in [0.1, 0.15) is 12.4 Å². The van der Waals surface area contributed by atoms with Gasteiger partial charge in [0.15, 0.2) is 5.96 Å². The average molecular weight is 567 g/mol. The molecule has 2 aromatic rings. The number of nitrogens with zero attached hydrogens (tertiary/aromatic N) is 1. The maximum Gasteiger partial charge on any atom is 0.411 e. The van der Waals surface area contributed by atoms with E-state index in [-0.39, 0.29) is 30.6 Å². The van der Waals surface area contributed by atoms with Crippen molar-refractivity contribution < 1.29 is 27.4 Å². The average Bonchev–Trinajstić information content (AvgIpc) is 2.74. The molecular weight excluding hydrogens is 538 g/mol. The molecule has 0 spiro atoms. The molecule has 0 aliphatic rings. The van der Waals surface area contributed by atoms with Crippen LogP contribution in [0.4, 0.5) is 18.9 Å². The molecule has 0 fully saturated rings. The molecule has 0 amide bonds. The Morgan fingerprint density at radius 2 is 1.75 bits per heavy atom. The zero-order valence-electron chi connectivity index (χ0n) is 18.1. The smallest absolute Gasteiger partial charge is 0.411 e. The lowest BCUT2D eigenvalue weighted by Crippen LogP contribution is -2.30. The van der Waals surface area contributed by atoms with Gasteiger partial charge in [0, 0.05) is 45.5 Å². The van der Waals surface area contributed by atoms with Crippen LogP contribution in [0.3, 0.4) is 0 Å². The van der Waals surface area contributed by atoms with Gasteiger partial charge in [-0.05, 0) is 23.3 Å². The highest BCUT2D eigenvalue weighted by Gasteiger charge is 2.27. The van der Waals surface area contributed by atoms with Gasteiger partial charge >= 0.3 is 6.18 Å². The molecule has 0 aliphatic carbocycles. The summed E-state index contributed by atoms with van der Waals surface area (Å²) < 4.78 is 51.8. The minimum Gasteiger partial charge on any atom is -0.493 e. The Kier molecular flexibility index (Phi) is 13.0. The highest BCUT2D eigenvalue weighted by Crippen LogP contribution is 2.18. The molecule has 2 aromatic carbocycles. The van der Waals surface area contributed by atoms with E-state index in [1.165, 1.54) is 0 Å². The Bertz CT molecular complexity index is 818. The summed E-state index contributed by atoms with van der Waals surface area (Å²) in [5.74, 6) is 1.33. The molecule has 0 radical (unpaired) electrons. The van der Waals surface area contributed by atoms with Crippen LogP contribution in [0.2, 0.25) is 0 Å². The number of nitrogens with one attached hydrogen (secondary N) is 2. The summed E-state index contributed by atoms with van der Waals surface area (Å²) >= 11 is 0. The SMILES string of the molecule is CN=C(NCc1ccc(COCC(F)(F)F)cc1)Nc1cccc(OCCCOC)c1.I.